The predicted octanol–water partition coefficient (Wildman–Crippen LogP) is 2.58. The number of aromatic nitrogens is 1. The van der Waals surface area contributed by atoms with E-state index in [4.69, 9.17) is 4.74 Å². The summed E-state index contributed by atoms with van der Waals surface area (Å²) < 4.78 is 4.77. The van der Waals surface area contributed by atoms with Crippen LogP contribution in [0.4, 0.5) is 9.93 Å². The SMILES string of the molecule is COC(=O)c1nc(NC(=O)C[C@@H]2NC(=O)N(Cc3ccccc3)C2=O)sc1CC(C)C. The summed E-state index contributed by atoms with van der Waals surface area (Å²) in [4.78, 5) is 55.2. The number of thiazole rings is 1. The molecule has 1 fully saturated rings. The van der Waals surface area contributed by atoms with Crippen molar-refractivity contribution in [3.05, 3.63) is 46.5 Å². The van der Waals surface area contributed by atoms with Gasteiger partial charge in [-0.15, -0.1) is 11.3 Å². The lowest BCUT2D eigenvalue weighted by Crippen LogP contribution is -2.34. The Hall–Kier alpha value is -3.27. The van der Waals surface area contributed by atoms with Gasteiger partial charge in [0.05, 0.1) is 20.1 Å². The molecule has 164 valence electrons. The molecule has 0 aliphatic carbocycles. The highest BCUT2D eigenvalue weighted by molar-refractivity contribution is 7.16. The van der Waals surface area contributed by atoms with Gasteiger partial charge in [-0.05, 0) is 17.9 Å². The van der Waals surface area contributed by atoms with Crippen LogP contribution >= 0.6 is 11.3 Å². The number of amides is 4. The summed E-state index contributed by atoms with van der Waals surface area (Å²) >= 11 is 1.19. The van der Waals surface area contributed by atoms with Crippen LogP contribution in [0.1, 0.15) is 41.2 Å². The van der Waals surface area contributed by atoms with Crippen LogP contribution < -0.4 is 10.6 Å². The van der Waals surface area contributed by atoms with E-state index < -0.39 is 29.9 Å². The highest BCUT2D eigenvalue weighted by Crippen LogP contribution is 2.27. The van der Waals surface area contributed by atoms with Gasteiger partial charge in [0.15, 0.2) is 10.8 Å². The fraction of sp³-hybridized carbons (Fsp3) is 0.381. The molecule has 10 heteroatoms. The van der Waals surface area contributed by atoms with E-state index >= 15 is 0 Å². The number of carbonyl (C=O) groups excluding carboxylic acids is 4. The second-order valence-corrected chi connectivity index (χ2v) is 8.63. The van der Waals surface area contributed by atoms with E-state index in [0.717, 1.165) is 15.3 Å². The molecule has 1 aliphatic heterocycles. The minimum atomic E-state index is -0.952. The number of hydrogen-bond acceptors (Lipinski definition) is 7. The molecule has 1 aromatic carbocycles. The van der Waals surface area contributed by atoms with Gasteiger partial charge in [-0.3, -0.25) is 14.5 Å². The Morgan fingerprint density at radius 3 is 2.61 bits per heavy atom. The molecule has 0 saturated carbocycles. The molecule has 0 unspecified atom stereocenters. The smallest absolute Gasteiger partial charge is 0.357 e. The fourth-order valence-electron chi connectivity index (χ4n) is 3.16. The van der Waals surface area contributed by atoms with Gasteiger partial charge in [-0.1, -0.05) is 44.2 Å². The third-order valence-corrected chi connectivity index (χ3v) is 5.59. The first kappa shape index (κ1) is 22.4. The molecular weight excluding hydrogens is 420 g/mol. The zero-order valence-corrected chi connectivity index (χ0v) is 18.3. The van der Waals surface area contributed by atoms with Crippen LogP contribution in [-0.4, -0.2) is 46.9 Å². The van der Waals surface area contributed by atoms with Crippen LogP contribution in [0.3, 0.4) is 0 Å². The van der Waals surface area contributed by atoms with E-state index in [1.165, 1.54) is 18.4 Å². The summed E-state index contributed by atoms with van der Waals surface area (Å²) in [5.41, 5.74) is 0.989. The first-order valence-electron chi connectivity index (χ1n) is 9.82. The van der Waals surface area contributed by atoms with Crippen molar-refractivity contribution in [3.8, 4) is 0 Å². The van der Waals surface area contributed by atoms with Crippen molar-refractivity contribution >= 4 is 40.3 Å². The molecular formula is C21H24N4O5S. The number of nitrogens with zero attached hydrogens (tertiary/aromatic N) is 2. The van der Waals surface area contributed by atoms with E-state index in [2.05, 4.69) is 15.6 Å². The Morgan fingerprint density at radius 2 is 1.97 bits per heavy atom. The number of urea groups is 1. The number of methoxy groups -OCH3 is 1. The lowest BCUT2D eigenvalue weighted by atomic mass is 10.1. The molecule has 1 saturated heterocycles. The number of ether oxygens (including phenoxy) is 1. The molecule has 0 bridgehead atoms. The number of nitrogens with one attached hydrogen (secondary N) is 2. The maximum absolute atomic E-state index is 12.6. The van der Waals surface area contributed by atoms with Gasteiger partial charge in [0.25, 0.3) is 5.91 Å². The minimum absolute atomic E-state index is 0.136. The van der Waals surface area contributed by atoms with Gasteiger partial charge in [0, 0.05) is 4.88 Å². The van der Waals surface area contributed by atoms with Gasteiger partial charge in [-0.2, -0.15) is 0 Å². The van der Waals surface area contributed by atoms with Crippen molar-refractivity contribution in [2.45, 2.75) is 39.3 Å². The third kappa shape index (κ3) is 5.46. The summed E-state index contributed by atoms with van der Waals surface area (Å²) in [5, 5.41) is 5.42. The molecule has 4 amide bonds. The Balaban J connectivity index is 1.64. The maximum Gasteiger partial charge on any atom is 0.357 e. The molecule has 2 N–H and O–H groups in total. The molecule has 1 aliphatic rings. The molecule has 31 heavy (non-hydrogen) atoms. The van der Waals surface area contributed by atoms with Crippen molar-refractivity contribution in [2.75, 3.05) is 12.4 Å². The maximum atomic E-state index is 12.6. The average molecular weight is 445 g/mol. The van der Waals surface area contributed by atoms with Crippen LogP contribution in [0.25, 0.3) is 0 Å². The van der Waals surface area contributed by atoms with Crippen molar-refractivity contribution in [1.82, 2.24) is 15.2 Å². The topological polar surface area (TPSA) is 118 Å². The first-order valence-corrected chi connectivity index (χ1v) is 10.6. The highest BCUT2D eigenvalue weighted by atomic mass is 32.1. The Morgan fingerprint density at radius 1 is 1.26 bits per heavy atom. The zero-order chi connectivity index (χ0) is 22.5. The van der Waals surface area contributed by atoms with E-state index in [-0.39, 0.29) is 29.7 Å². The molecule has 9 nitrogen and oxygen atoms in total. The largest absolute Gasteiger partial charge is 0.464 e. The predicted molar refractivity (Wildman–Crippen MR) is 115 cm³/mol. The van der Waals surface area contributed by atoms with Gasteiger partial charge in [0.2, 0.25) is 5.91 Å². The Labute approximate surface area is 183 Å². The molecule has 2 heterocycles. The zero-order valence-electron chi connectivity index (χ0n) is 17.5. The van der Waals surface area contributed by atoms with E-state index in [0.29, 0.717) is 6.42 Å². The number of carbonyl (C=O) groups is 4. The quantitative estimate of drug-likeness (QED) is 0.477. The van der Waals surface area contributed by atoms with Crippen LogP contribution in [-0.2, 0) is 27.3 Å². The molecule has 2 aromatic rings. The van der Waals surface area contributed by atoms with E-state index in [1.54, 1.807) is 0 Å². The van der Waals surface area contributed by atoms with Gasteiger partial charge in [0.1, 0.15) is 6.04 Å². The second kappa shape index (κ2) is 9.69. The van der Waals surface area contributed by atoms with Crippen molar-refractivity contribution < 1.29 is 23.9 Å². The van der Waals surface area contributed by atoms with Crippen LogP contribution in [0.15, 0.2) is 30.3 Å². The first-order chi connectivity index (χ1) is 14.8. The molecule has 0 spiro atoms. The van der Waals surface area contributed by atoms with Gasteiger partial charge >= 0.3 is 12.0 Å². The van der Waals surface area contributed by atoms with Crippen molar-refractivity contribution in [3.63, 3.8) is 0 Å². The fourth-order valence-corrected chi connectivity index (χ4v) is 4.33. The number of rotatable bonds is 8. The number of hydrogen-bond donors (Lipinski definition) is 2. The Kier molecular flexibility index (Phi) is 7.01. The van der Waals surface area contributed by atoms with Crippen molar-refractivity contribution in [1.29, 1.82) is 0 Å². The summed E-state index contributed by atoms with van der Waals surface area (Å²) in [6.07, 6.45) is 0.381. The molecule has 3 rings (SSSR count). The van der Waals surface area contributed by atoms with Crippen LogP contribution in [0.5, 0.6) is 0 Å². The van der Waals surface area contributed by atoms with Crippen molar-refractivity contribution in [2.24, 2.45) is 5.92 Å². The van der Waals surface area contributed by atoms with E-state index in [1.807, 2.05) is 44.2 Å². The summed E-state index contributed by atoms with van der Waals surface area (Å²) in [6.45, 7) is 4.15. The number of anilines is 1. The molecule has 0 radical (unpaired) electrons. The van der Waals surface area contributed by atoms with Crippen LogP contribution in [0.2, 0.25) is 0 Å². The summed E-state index contributed by atoms with van der Waals surface area (Å²) in [6, 6.07) is 7.64. The normalized spacial score (nSPS) is 15.9. The number of esters is 1. The summed E-state index contributed by atoms with van der Waals surface area (Å²) in [7, 11) is 1.27. The van der Waals surface area contributed by atoms with Crippen LogP contribution in [0, 0.1) is 5.92 Å². The van der Waals surface area contributed by atoms with Gasteiger partial charge < -0.3 is 15.4 Å². The van der Waals surface area contributed by atoms with E-state index in [9.17, 15) is 19.2 Å². The average Bonchev–Trinajstić information content (AvgIpc) is 3.23. The second-order valence-electron chi connectivity index (χ2n) is 7.54. The molecule has 1 atom stereocenters. The number of benzene rings is 1. The Bertz CT molecular complexity index is 989. The molecule has 1 aromatic heterocycles. The standard InChI is InChI=1S/C21H24N4O5S/c1-12(2)9-15-17(19(28)30-3)24-20(31-15)23-16(26)10-14-18(27)25(21(29)22-14)11-13-7-5-4-6-8-13/h4-8,12,14H,9-11H2,1-3H3,(H,22,29)(H,23,24,26)/t14-/m0/s1. The minimum Gasteiger partial charge on any atom is -0.464 e. The third-order valence-electron chi connectivity index (χ3n) is 4.60. The lowest BCUT2D eigenvalue weighted by molar-refractivity contribution is -0.130. The summed E-state index contributed by atoms with van der Waals surface area (Å²) in [5.74, 6) is -1.23. The number of imide groups is 1. The lowest BCUT2D eigenvalue weighted by Gasteiger charge is -2.12. The monoisotopic (exact) mass is 444 g/mol. The highest BCUT2D eigenvalue weighted by Gasteiger charge is 2.39. The van der Waals surface area contributed by atoms with Gasteiger partial charge in [-0.25, -0.2) is 14.6 Å².